The fourth-order valence-corrected chi connectivity index (χ4v) is 1.42. The van der Waals surface area contributed by atoms with E-state index in [1.165, 1.54) is 18.0 Å². The summed E-state index contributed by atoms with van der Waals surface area (Å²) in [6, 6.07) is 0. The van der Waals surface area contributed by atoms with Crippen molar-refractivity contribution in [2.45, 2.75) is 13.5 Å². The maximum absolute atomic E-state index is 11.6. The molecule has 1 aromatic rings. The molecule has 0 bridgehead atoms. The van der Waals surface area contributed by atoms with Crippen LogP contribution < -0.4 is 10.3 Å². The van der Waals surface area contributed by atoms with Crippen LogP contribution in [0.5, 0.6) is 5.75 Å². The largest absolute Gasteiger partial charge is 0.494 e. The smallest absolute Gasteiger partial charge is 0.285 e. The Kier molecular flexibility index (Phi) is 3.84. The van der Waals surface area contributed by atoms with Gasteiger partial charge in [-0.25, -0.2) is 4.68 Å². The third kappa shape index (κ3) is 2.56. The van der Waals surface area contributed by atoms with E-state index in [2.05, 4.69) is 26.2 Å². The Labute approximate surface area is 94.3 Å². The lowest BCUT2D eigenvalue weighted by molar-refractivity contribution is 0.316. The van der Waals surface area contributed by atoms with E-state index in [4.69, 9.17) is 9.94 Å². The Morgan fingerprint density at radius 3 is 3.00 bits per heavy atom. The van der Waals surface area contributed by atoms with Gasteiger partial charge in [-0.05, 0) is 22.9 Å². The molecule has 0 unspecified atom stereocenters. The van der Waals surface area contributed by atoms with Gasteiger partial charge in [0.05, 0.1) is 25.6 Å². The molecule has 0 aromatic carbocycles. The standard InChI is InChI=1S/C8H10BrN3O3/c1-5(11-14)4-12-8(13)7(9)6(15-2)3-10-12/h3,14H,4H2,1-2H3/b11-5+. The van der Waals surface area contributed by atoms with E-state index >= 15 is 0 Å². The number of nitrogens with zero attached hydrogens (tertiary/aromatic N) is 3. The maximum Gasteiger partial charge on any atom is 0.285 e. The molecule has 0 amide bonds. The van der Waals surface area contributed by atoms with Gasteiger partial charge in [0.1, 0.15) is 4.47 Å². The number of hydrogen-bond acceptors (Lipinski definition) is 5. The monoisotopic (exact) mass is 275 g/mol. The minimum Gasteiger partial charge on any atom is -0.494 e. The Morgan fingerprint density at radius 1 is 1.80 bits per heavy atom. The summed E-state index contributed by atoms with van der Waals surface area (Å²) in [5.41, 5.74) is 0.0546. The molecule has 0 aliphatic heterocycles. The third-order valence-corrected chi connectivity index (χ3v) is 2.45. The first-order valence-corrected chi connectivity index (χ1v) is 4.86. The zero-order chi connectivity index (χ0) is 11.4. The van der Waals surface area contributed by atoms with Gasteiger partial charge in [0.2, 0.25) is 0 Å². The summed E-state index contributed by atoms with van der Waals surface area (Å²) < 4.78 is 6.38. The Hall–Kier alpha value is -1.37. The summed E-state index contributed by atoms with van der Waals surface area (Å²) in [6.45, 7) is 1.73. The maximum atomic E-state index is 11.6. The summed E-state index contributed by atoms with van der Waals surface area (Å²) >= 11 is 3.10. The van der Waals surface area contributed by atoms with E-state index in [1.54, 1.807) is 6.92 Å². The number of ether oxygens (including phenoxy) is 1. The minimum absolute atomic E-state index is 0.137. The van der Waals surface area contributed by atoms with E-state index in [1.807, 2.05) is 0 Å². The van der Waals surface area contributed by atoms with Crippen molar-refractivity contribution in [3.8, 4) is 5.75 Å². The second-order valence-corrected chi connectivity index (χ2v) is 3.62. The average Bonchev–Trinajstić information content (AvgIpc) is 2.25. The van der Waals surface area contributed by atoms with Crippen molar-refractivity contribution in [1.82, 2.24) is 9.78 Å². The molecule has 0 fully saturated rings. The average molecular weight is 276 g/mol. The molecule has 0 saturated heterocycles. The van der Waals surface area contributed by atoms with Crippen molar-refractivity contribution >= 4 is 21.6 Å². The van der Waals surface area contributed by atoms with Crippen LogP contribution in [0, 0.1) is 0 Å². The van der Waals surface area contributed by atoms with Gasteiger partial charge in [0, 0.05) is 0 Å². The first-order valence-electron chi connectivity index (χ1n) is 4.07. The highest BCUT2D eigenvalue weighted by Crippen LogP contribution is 2.17. The molecule has 0 spiro atoms. The van der Waals surface area contributed by atoms with Crippen LogP contribution in [-0.4, -0.2) is 27.8 Å². The lowest BCUT2D eigenvalue weighted by atomic mass is 10.4. The van der Waals surface area contributed by atoms with Gasteiger partial charge < -0.3 is 9.94 Å². The molecule has 0 aliphatic rings. The van der Waals surface area contributed by atoms with Crippen LogP contribution in [-0.2, 0) is 6.54 Å². The van der Waals surface area contributed by atoms with Crippen molar-refractivity contribution in [3.05, 3.63) is 21.0 Å². The molecule has 0 aliphatic carbocycles. The summed E-state index contributed by atoms with van der Waals surface area (Å²) in [4.78, 5) is 11.6. The summed E-state index contributed by atoms with van der Waals surface area (Å²) in [7, 11) is 1.45. The third-order valence-electron chi connectivity index (χ3n) is 1.72. The zero-order valence-electron chi connectivity index (χ0n) is 8.27. The molecule has 0 saturated carbocycles. The molecule has 6 nitrogen and oxygen atoms in total. The molecule has 1 rings (SSSR count). The van der Waals surface area contributed by atoms with E-state index in [0.29, 0.717) is 15.9 Å². The van der Waals surface area contributed by atoms with Crippen LogP contribution in [0.2, 0.25) is 0 Å². The first-order chi connectivity index (χ1) is 7.10. The highest BCUT2D eigenvalue weighted by atomic mass is 79.9. The first kappa shape index (κ1) is 11.7. The van der Waals surface area contributed by atoms with Gasteiger partial charge in [-0.1, -0.05) is 5.16 Å². The van der Waals surface area contributed by atoms with Crippen LogP contribution in [0.15, 0.2) is 20.6 Å². The van der Waals surface area contributed by atoms with Crippen molar-refractivity contribution in [2.24, 2.45) is 5.16 Å². The second-order valence-electron chi connectivity index (χ2n) is 2.83. The Balaban J connectivity index is 3.13. The highest BCUT2D eigenvalue weighted by Gasteiger charge is 2.09. The van der Waals surface area contributed by atoms with E-state index in [9.17, 15) is 4.79 Å². The molecular weight excluding hydrogens is 266 g/mol. The number of rotatable bonds is 3. The minimum atomic E-state index is -0.336. The molecule has 1 heterocycles. The van der Waals surface area contributed by atoms with Crippen molar-refractivity contribution < 1.29 is 9.94 Å². The van der Waals surface area contributed by atoms with Crippen molar-refractivity contribution in [3.63, 3.8) is 0 Å². The lowest BCUT2D eigenvalue weighted by Gasteiger charge is -2.06. The number of aromatic nitrogens is 2. The van der Waals surface area contributed by atoms with E-state index in [0.717, 1.165) is 0 Å². The zero-order valence-corrected chi connectivity index (χ0v) is 9.85. The van der Waals surface area contributed by atoms with Gasteiger partial charge in [0.25, 0.3) is 5.56 Å². The van der Waals surface area contributed by atoms with Crippen LogP contribution in [0.25, 0.3) is 0 Å². The molecule has 0 atom stereocenters. The molecule has 1 aromatic heterocycles. The fourth-order valence-electron chi connectivity index (χ4n) is 0.953. The molecule has 0 radical (unpaired) electrons. The summed E-state index contributed by atoms with van der Waals surface area (Å²) in [5, 5.41) is 15.3. The van der Waals surface area contributed by atoms with Gasteiger partial charge in [-0.15, -0.1) is 0 Å². The molecule has 82 valence electrons. The van der Waals surface area contributed by atoms with Crippen LogP contribution in [0.4, 0.5) is 0 Å². The number of oxime groups is 1. The number of methoxy groups -OCH3 is 1. The predicted molar refractivity (Wildman–Crippen MR) is 57.6 cm³/mol. The molecule has 7 heteroatoms. The molecular formula is C8H10BrN3O3. The van der Waals surface area contributed by atoms with E-state index < -0.39 is 0 Å². The number of halogens is 1. The van der Waals surface area contributed by atoms with Gasteiger partial charge in [0.15, 0.2) is 5.75 Å². The molecule has 1 N–H and O–H groups in total. The Morgan fingerprint density at radius 2 is 2.47 bits per heavy atom. The fraction of sp³-hybridized carbons (Fsp3) is 0.375. The summed E-state index contributed by atoms with van der Waals surface area (Å²) in [6.07, 6.45) is 1.41. The highest BCUT2D eigenvalue weighted by molar-refractivity contribution is 9.10. The molecule has 15 heavy (non-hydrogen) atoms. The summed E-state index contributed by atoms with van der Waals surface area (Å²) in [5.74, 6) is 0.370. The normalized spacial score (nSPS) is 11.5. The van der Waals surface area contributed by atoms with Crippen molar-refractivity contribution in [1.29, 1.82) is 0 Å². The topological polar surface area (TPSA) is 76.7 Å². The second kappa shape index (κ2) is 4.92. The van der Waals surface area contributed by atoms with Gasteiger partial charge >= 0.3 is 0 Å². The van der Waals surface area contributed by atoms with Crippen molar-refractivity contribution in [2.75, 3.05) is 7.11 Å². The number of hydrogen-bond donors (Lipinski definition) is 1. The predicted octanol–water partition coefficient (Wildman–Crippen LogP) is 0.865. The van der Waals surface area contributed by atoms with Crippen LogP contribution in [0.1, 0.15) is 6.92 Å². The quantitative estimate of drug-likeness (QED) is 0.504. The lowest BCUT2D eigenvalue weighted by Crippen LogP contribution is -2.26. The van der Waals surface area contributed by atoms with Crippen LogP contribution in [0.3, 0.4) is 0 Å². The van der Waals surface area contributed by atoms with Gasteiger partial charge in [-0.3, -0.25) is 4.79 Å². The Bertz CT molecular complexity index is 441. The van der Waals surface area contributed by atoms with Gasteiger partial charge in [-0.2, -0.15) is 5.10 Å². The SMILES string of the molecule is COc1cnn(C/C(C)=N/O)c(=O)c1Br. The van der Waals surface area contributed by atoms with E-state index in [-0.39, 0.29) is 12.1 Å². The van der Waals surface area contributed by atoms with Crippen LogP contribution >= 0.6 is 15.9 Å².